The smallest absolute Gasteiger partial charge is 0.340 e. The van der Waals surface area contributed by atoms with Gasteiger partial charge in [-0.3, -0.25) is 5.10 Å². The van der Waals surface area contributed by atoms with E-state index in [1.165, 1.54) is 15.6 Å². The maximum atomic E-state index is 12.7. The van der Waals surface area contributed by atoms with E-state index in [9.17, 15) is 13.2 Å². The Labute approximate surface area is 125 Å². The number of sulfonamides is 1. The molecule has 112 valence electrons. The van der Waals surface area contributed by atoms with E-state index in [2.05, 4.69) is 10.2 Å². The fourth-order valence-corrected chi connectivity index (χ4v) is 5.22. The fourth-order valence-electron chi connectivity index (χ4n) is 2.53. The third-order valence-corrected chi connectivity index (χ3v) is 6.33. The molecule has 0 spiro atoms. The minimum absolute atomic E-state index is 0.236. The average Bonchev–Trinajstić information content (AvgIpc) is 3.18. The molecular formula is C12H13N3O4S2. The molecule has 0 radical (unpaired) electrons. The minimum Gasteiger partial charge on any atom is -0.478 e. The van der Waals surface area contributed by atoms with Gasteiger partial charge in [-0.05, 0) is 24.3 Å². The maximum Gasteiger partial charge on any atom is 0.340 e. The second-order valence-corrected chi connectivity index (χ2v) is 7.51. The zero-order valence-corrected chi connectivity index (χ0v) is 12.5. The molecular weight excluding hydrogens is 314 g/mol. The molecule has 2 aromatic rings. The summed E-state index contributed by atoms with van der Waals surface area (Å²) in [6.45, 7) is 0.378. The van der Waals surface area contributed by atoms with Gasteiger partial charge in [0.2, 0.25) is 0 Å². The first-order chi connectivity index (χ1) is 10.0. The number of carbonyl (C=O) groups is 1. The van der Waals surface area contributed by atoms with Crippen molar-refractivity contribution in [3.63, 3.8) is 0 Å². The standard InChI is InChI=1S/C12H13N3O4S2/c16-12(17)8-7-13-14-11(8)21(18,19)15-5-1-3-9(15)10-4-2-6-20-10/h2,4,6-7,9H,1,3,5H2,(H,13,14)(H,16,17). The van der Waals surface area contributed by atoms with Crippen molar-refractivity contribution in [1.29, 1.82) is 0 Å². The highest BCUT2D eigenvalue weighted by Crippen LogP contribution is 2.38. The normalized spacial score (nSPS) is 19.9. The molecule has 9 heteroatoms. The lowest BCUT2D eigenvalue weighted by Crippen LogP contribution is -2.31. The zero-order chi connectivity index (χ0) is 15.0. The van der Waals surface area contributed by atoms with Crippen LogP contribution in [0.25, 0.3) is 0 Å². The maximum absolute atomic E-state index is 12.7. The number of nitrogens with one attached hydrogen (secondary N) is 1. The quantitative estimate of drug-likeness (QED) is 0.889. The Morgan fingerprint density at radius 2 is 2.33 bits per heavy atom. The van der Waals surface area contributed by atoms with E-state index < -0.39 is 16.0 Å². The van der Waals surface area contributed by atoms with Crippen LogP contribution in [-0.4, -0.2) is 40.5 Å². The first-order valence-corrected chi connectivity index (χ1v) is 8.65. The summed E-state index contributed by atoms with van der Waals surface area (Å²) in [4.78, 5) is 12.1. The summed E-state index contributed by atoms with van der Waals surface area (Å²) < 4.78 is 26.8. The molecule has 1 unspecified atom stereocenters. The highest BCUT2D eigenvalue weighted by molar-refractivity contribution is 7.89. The van der Waals surface area contributed by atoms with Crippen LogP contribution in [0.4, 0.5) is 0 Å². The highest BCUT2D eigenvalue weighted by Gasteiger charge is 2.39. The summed E-state index contributed by atoms with van der Waals surface area (Å²) in [6.07, 6.45) is 2.50. The Kier molecular flexibility index (Phi) is 3.56. The fraction of sp³-hybridized carbons (Fsp3) is 0.333. The van der Waals surface area contributed by atoms with Crippen LogP contribution in [0.15, 0.2) is 28.7 Å². The number of aromatic nitrogens is 2. The van der Waals surface area contributed by atoms with Gasteiger partial charge in [0, 0.05) is 11.4 Å². The Hall–Kier alpha value is -1.71. The lowest BCUT2D eigenvalue weighted by Gasteiger charge is -2.22. The molecule has 1 aliphatic heterocycles. The van der Waals surface area contributed by atoms with Crippen molar-refractivity contribution in [2.45, 2.75) is 23.9 Å². The summed E-state index contributed by atoms with van der Waals surface area (Å²) in [5.41, 5.74) is -0.327. The lowest BCUT2D eigenvalue weighted by atomic mass is 10.2. The summed E-state index contributed by atoms with van der Waals surface area (Å²) >= 11 is 1.50. The second kappa shape index (κ2) is 5.24. The predicted molar refractivity (Wildman–Crippen MR) is 75.7 cm³/mol. The van der Waals surface area contributed by atoms with E-state index in [4.69, 9.17) is 5.11 Å². The summed E-state index contributed by atoms with van der Waals surface area (Å²) in [7, 11) is -3.91. The van der Waals surface area contributed by atoms with Crippen molar-refractivity contribution >= 4 is 27.3 Å². The van der Waals surface area contributed by atoms with Crippen LogP contribution in [0.2, 0.25) is 0 Å². The number of rotatable bonds is 4. The number of carboxylic acids is 1. The highest BCUT2D eigenvalue weighted by atomic mass is 32.2. The number of carboxylic acid groups (broad SMARTS) is 1. The molecule has 3 rings (SSSR count). The molecule has 21 heavy (non-hydrogen) atoms. The number of aromatic amines is 1. The summed E-state index contributed by atoms with van der Waals surface area (Å²) in [5.74, 6) is -1.31. The molecule has 1 atom stereocenters. The van der Waals surface area contributed by atoms with E-state index >= 15 is 0 Å². The van der Waals surface area contributed by atoms with Gasteiger partial charge >= 0.3 is 5.97 Å². The Morgan fingerprint density at radius 3 is 3.00 bits per heavy atom. The molecule has 2 N–H and O–H groups in total. The molecule has 0 saturated carbocycles. The molecule has 3 heterocycles. The second-order valence-electron chi connectivity index (χ2n) is 4.71. The molecule has 1 saturated heterocycles. The van der Waals surface area contributed by atoms with Crippen molar-refractivity contribution < 1.29 is 18.3 Å². The van der Waals surface area contributed by atoms with Gasteiger partial charge in [0.25, 0.3) is 10.0 Å². The van der Waals surface area contributed by atoms with Crippen molar-refractivity contribution in [3.05, 3.63) is 34.2 Å². The van der Waals surface area contributed by atoms with Crippen LogP contribution in [0.3, 0.4) is 0 Å². The van der Waals surface area contributed by atoms with Gasteiger partial charge in [0.15, 0.2) is 5.03 Å². The van der Waals surface area contributed by atoms with Gasteiger partial charge in [0.1, 0.15) is 5.56 Å². The number of nitrogens with zero attached hydrogens (tertiary/aromatic N) is 2. The number of hydrogen-bond acceptors (Lipinski definition) is 5. The third-order valence-electron chi connectivity index (χ3n) is 3.48. The van der Waals surface area contributed by atoms with Crippen molar-refractivity contribution in [2.75, 3.05) is 6.54 Å². The van der Waals surface area contributed by atoms with Crippen LogP contribution >= 0.6 is 11.3 Å². The van der Waals surface area contributed by atoms with Crippen LogP contribution < -0.4 is 0 Å². The van der Waals surface area contributed by atoms with Gasteiger partial charge in [-0.1, -0.05) is 6.07 Å². The number of thiophene rings is 1. The Bertz CT molecular complexity index is 751. The topological polar surface area (TPSA) is 103 Å². The first kappa shape index (κ1) is 14.2. The number of H-pyrrole nitrogens is 1. The van der Waals surface area contributed by atoms with Crippen LogP contribution in [0.5, 0.6) is 0 Å². The Morgan fingerprint density at radius 1 is 1.52 bits per heavy atom. The van der Waals surface area contributed by atoms with Crippen molar-refractivity contribution in [1.82, 2.24) is 14.5 Å². The Balaban J connectivity index is 2.01. The number of hydrogen-bond donors (Lipinski definition) is 2. The molecule has 1 aliphatic rings. The van der Waals surface area contributed by atoms with E-state index in [-0.39, 0.29) is 16.6 Å². The monoisotopic (exact) mass is 327 g/mol. The van der Waals surface area contributed by atoms with Crippen LogP contribution in [0.1, 0.15) is 34.1 Å². The zero-order valence-electron chi connectivity index (χ0n) is 10.9. The largest absolute Gasteiger partial charge is 0.478 e. The van der Waals surface area contributed by atoms with E-state index in [1.807, 2.05) is 17.5 Å². The van der Waals surface area contributed by atoms with Crippen LogP contribution in [0, 0.1) is 0 Å². The van der Waals surface area contributed by atoms with Gasteiger partial charge < -0.3 is 5.11 Å². The van der Waals surface area contributed by atoms with Crippen LogP contribution in [-0.2, 0) is 10.0 Å². The van der Waals surface area contributed by atoms with Gasteiger partial charge in [-0.2, -0.15) is 9.40 Å². The predicted octanol–water partition coefficient (Wildman–Crippen LogP) is 1.70. The van der Waals surface area contributed by atoms with E-state index in [1.54, 1.807) is 0 Å². The molecule has 2 aromatic heterocycles. The molecule has 0 amide bonds. The average molecular weight is 327 g/mol. The van der Waals surface area contributed by atoms with E-state index in [0.29, 0.717) is 6.54 Å². The third kappa shape index (κ3) is 2.37. The number of aromatic carboxylic acids is 1. The first-order valence-electron chi connectivity index (χ1n) is 6.33. The van der Waals surface area contributed by atoms with E-state index in [0.717, 1.165) is 23.9 Å². The molecule has 0 aliphatic carbocycles. The molecule has 0 aromatic carbocycles. The summed E-state index contributed by atoms with van der Waals surface area (Å²) in [6, 6.07) is 3.54. The van der Waals surface area contributed by atoms with Crippen molar-refractivity contribution in [2.24, 2.45) is 0 Å². The van der Waals surface area contributed by atoms with Crippen molar-refractivity contribution in [3.8, 4) is 0 Å². The lowest BCUT2D eigenvalue weighted by molar-refractivity contribution is 0.0692. The molecule has 1 fully saturated rings. The SMILES string of the molecule is O=C(O)c1cn[nH]c1S(=O)(=O)N1CCCC1c1cccs1. The molecule has 0 bridgehead atoms. The summed E-state index contributed by atoms with van der Waals surface area (Å²) in [5, 5.41) is 16.5. The van der Waals surface area contributed by atoms with Gasteiger partial charge in [-0.25, -0.2) is 13.2 Å². The molecule has 7 nitrogen and oxygen atoms in total. The van der Waals surface area contributed by atoms with Gasteiger partial charge in [-0.15, -0.1) is 11.3 Å². The van der Waals surface area contributed by atoms with Gasteiger partial charge in [0.05, 0.1) is 12.2 Å². The minimum atomic E-state index is -3.91.